The second-order valence-electron chi connectivity index (χ2n) is 4.58. The van der Waals surface area contributed by atoms with Crippen LogP contribution in [0.4, 0.5) is 0 Å². The van der Waals surface area contributed by atoms with E-state index in [1.165, 1.54) is 24.0 Å². The molecule has 0 aliphatic carbocycles. The number of thioether (sulfide) groups is 1. The number of amides is 1. The zero-order valence-electron chi connectivity index (χ0n) is 11.0. The largest absolute Gasteiger partial charge is 0.372 e. The van der Waals surface area contributed by atoms with Gasteiger partial charge in [0.2, 0.25) is 5.91 Å². The highest BCUT2D eigenvalue weighted by molar-refractivity contribution is 7.99. The number of carbonyl (C=O) groups is 1. The van der Waals surface area contributed by atoms with Crippen molar-refractivity contribution < 1.29 is 9.53 Å². The smallest absolute Gasteiger partial charge is 0.251 e. The molecule has 2 heterocycles. The van der Waals surface area contributed by atoms with Gasteiger partial charge < -0.3 is 14.6 Å². The molecule has 1 aromatic rings. The van der Waals surface area contributed by atoms with Crippen molar-refractivity contribution in [3.05, 3.63) is 22.6 Å². The summed E-state index contributed by atoms with van der Waals surface area (Å²) in [5, 5.41) is 0.468. The normalized spacial score (nSPS) is 23.4. The Morgan fingerprint density at radius 1 is 1.53 bits per heavy atom. The quantitative estimate of drug-likeness (QED) is 0.646. The van der Waals surface area contributed by atoms with E-state index in [4.69, 9.17) is 4.74 Å². The minimum absolute atomic E-state index is 0.0403. The molecule has 6 nitrogen and oxygen atoms in total. The van der Waals surface area contributed by atoms with Crippen LogP contribution in [0.2, 0.25) is 0 Å². The first-order valence-corrected chi connectivity index (χ1v) is 7.14. The molecule has 2 rings (SSSR count). The monoisotopic (exact) mass is 283 g/mol. The van der Waals surface area contributed by atoms with Gasteiger partial charge in [-0.15, -0.1) is 0 Å². The van der Waals surface area contributed by atoms with Gasteiger partial charge in [-0.2, -0.15) is 0 Å². The number of hydrogen-bond acceptors (Lipinski definition) is 5. The Morgan fingerprint density at radius 3 is 2.84 bits per heavy atom. The number of nitrogens with one attached hydrogen (secondary N) is 1. The SMILES string of the molecule is C[C@H]1CN(C(=O)CSc2nccc(=O)[nH]2)C[C@H](C)O1. The molecule has 7 heteroatoms. The van der Waals surface area contributed by atoms with Crippen molar-refractivity contribution >= 4 is 17.7 Å². The van der Waals surface area contributed by atoms with Gasteiger partial charge in [-0.1, -0.05) is 11.8 Å². The first-order chi connectivity index (χ1) is 9.04. The minimum atomic E-state index is -0.210. The van der Waals surface area contributed by atoms with Crippen LogP contribution in [-0.2, 0) is 9.53 Å². The highest BCUT2D eigenvalue weighted by Gasteiger charge is 2.25. The summed E-state index contributed by atoms with van der Waals surface area (Å²) in [6.07, 6.45) is 1.56. The molecular formula is C12H17N3O3S. The van der Waals surface area contributed by atoms with Crippen molar-refractivity contribution in [3.63, 3.8) is 0 Å². The Labute approximate surface area is 115 Å². The number of rotatable bonds is 3. The van der Waals surface area contributed by atoms with Gasteiger partial charge in [0.25, 0.3) is 5.56 Å². The number of H-pyrrole nitrogens is 1. The van der Waals surface area contributed by atoms with Crippen molar-refractivity contribution in [2.45, 2.75) is 31.2 Å². The van der Waals surface area contributed by atoms with Crippen LogP contribution < -0.4 is 5.56 Å². The van der Waals surface area contributed by atoms with Crippen LogP contribution in [0, 0.1) is 0 Å². The topological polar surface area (TPSA) is 75.3 Å². The second kappa shape index (κ2) is 6.21. The van der Waals surface area contributed by atoms with E-state index < -0.39 is 0 Å². The molecular weight excluding hydrogens is 266 g/mol. The Bertz CT molecular complexity index is 495. The van der Waals surface area contributed by atoms with Gasteiger partial charge in [0.05, 0.1) is 18.0 Å². The molecule has 19 heavy (non-hydrogen) atoms. The summed E-state index contributed by atoms with van der Waals surface area (Å²) in [5.74, 6) is 0.311. The van der Waals surface area contributed by atoms with Crippen LogP contribution in [0.1, 0.15) is 13.8 Å². The summed E-state index contributed by atoms with van der Waals surface area (Å²) >= 11 is 1.24. The lowest BCUT2D eigenvalue weighted by Gasteiger charge is -2.35. The third-order valence-electron chi connectivity index (χ3n) is 2.75. The predicted molar refractivity (Wildman–Crippen MR) is 72.2 cm³/mol. The van der Waals surface area contributed by atoms with Gasteiger partial charge in [-0.05, 0) is 13.8 Å². The van der Waals surface area contributed by atoms with Crippen molar-refractivity contribution in [2.24, 2.45) is 0 Å². The maximum absolute atomic E-state index is 12.1. The molecule has 0 unspecified atom stereocenters. The zero-order chi connectivity index (χ0) is 13.8. The van der Waals surface area contributed by atoms with Crippen LogP contribution >= 0.6 is 11.8 Å². The fourth-order valence-electron chi connectivity index (χ4n) is 2.03. The average Bonchev–Trinajstić information content (AvgIpc) is 2.35. The molecule has 1 aromatic heterocycles. The molecule has 104 valence electrons. The molecule has 0 aromatic carbocycles. The summed E-state index contributed by atoms with van der Waals surface area (Å²) < 4.78 is 5.58. The van der Waals surface area contributed by atoms with Crippen molar-refractivity contribution in [1.29, 1.82) is 0 Å². The summed E-state index contributed by atoms with van der Waals surface area (Å²) in [5.41, 5.74) is -0.210. The standard InChI is InChI=1S/C12H17N3O3S/c1-8-5-15(6-9(2)18-8)11(17)7-19-12-13-4-3-10(16)14-12/h3-4,8-9H,5-7H2,1-2H3,(H,13,14,16)/t8-,9-/m0/s1. The predicted octanol–water partition coefficient (Wildman–Crippen LogP) is 0.498. The fraction of sp³-hybridized carbons (Fsp3) is 0.583. The van der Waals surface area contributed by atoms with Crippen LogP contribution in [0.15, 0.2) is 22.2 Å². The number of hydrogen-bond donors (Lipinski definition) is 1. The minimum Gasteiger partial charge on any atom is -0.372 e. The van der Waals surface area contributed by atoms with E-state index in [2.05, 4.69) is 9.97 Å². The van der Waals surface area contributed by atoms with E-state index >= 15 is 0 Å². The van der Waals surface area contributed by atoms with E-state index in [0.29, 0.717) is 18.2 Å². The van der Waals surface area contributed by atoms with Crippen molar-refractivity contribution in [3.8, 4) is 0 Å². The van der Waals surface area contributed by atoms with Gasteiger partial charge in [0.1, 0.15) is 0 Å². The highest BCUT2D eigenvalue weighted by atomic mass is 32.2. The van der Waals surface area contributed by atoms with Gasteiger partial charge in [-0.25, -0.2) is 4.98 Å². The number of nitrogens with zero attached hydrogens (tertiary/aromatic N) is 2. The summed E-state index contributed by atoms with van der Waals surface area (Å²) in [7, 11) is 0. The molecule has 1 N–H and O–H groups in total. The lowest BCUT2D eigenvalue weighted by molar-refractivity contribution is -0.140. The molecule has 1 amide bonds. The number of aromatic nitrogens is 2. The molecule has 0 bridgehead atoms. The molecule has 1 aliphatic heterocycles. The second-order valence-corrected chi connectivity index (χ2v) is 5.55. The number of morpholine rings is 1. The van der Waals surface area contributed by atoms with E-state index in [9.17, 15) is 9.59 Å². The van der Waals surface area contributed by atoms with E-state index in [1.807, 2.05) is 13.8 Å². The number of ether oxygens (including phenoxy) is 1. The Balaban J connectivity index is 1.89. The summed E-state index contributed by atoms with van der Waals surface area (Å²) in [4.78, 5) is 31.6. The van der Waals surface area contributed by atoms with Gasteiger partial charge in [0, 0.05) is 25.4 Å². The zero-order valence-corrected chi connectivity index (χ0v) is 11.8. The van der Waals surface area contributed by atoms with E-state index in [0.717, 1.165) is 0 Å². The van der Waals surface area contributed by atoms with Gasteiger partial charge >= 0.3 is 0 Å². The Morgan fingerprint density at radius 2 is 2.21 bits per heavy atom. The van der Waals surface area contributed by atoms with Crippen LogP contribution in [0.3, 0.4) is 0 Å². The van der Waals surface area contributed by atoms with Crippen LogP contribution in [-0.4, -0.2) is 51.8 Å². The van der Waals surface area contributed by atoms with Crippen molar-refractivity contribution in [1.82, 2.24) is 14.9 Å². The maximum Gasteiger partial charge on any atom is 0.251 e. The lowest BCUT2D eigenvalue weighted by atomic mass is 10.2. The van der Waals surface area contributed by atoms with E-state index in [1.54, 1.807) is 4.90 Å². The lowest BCUT2D eigenvalue weighted by Crippen LogP contribution is -2.48. The molecule has 1 aliphatic rings. The fourth-order valence-corrected chi connectivity index (χ4v) is 2.78. The number of aromatic amines is 1. The molecule has 0 spiro atoms. The molecule has 0 radical (unpaired) electrons. The first-order valence-electron chi connectivity index (χ1n) is 6.16. The third kappa shape index (κ3) is 4.07. The Hall–Kier alpha value is -1.34. The number of carbonyl (C=O) groups excluding carboxylic acids is 1. The highest BCUT2D eigenvalue weighted by Crippen LogP contribution is 2.15. The van der Waals surface area contributed by atoms with Gasteiger partial charge in [-0.3, -0.25) is 9.59 Å². The average molecular weight is 283 g/mol. The molecule has 1 fully saturated rings. The molecule has 0 saturated carbocycles. The van der Waals surface area contributed by atoms with Gasteiger partial charge in [0.15, 0.2) is 5.16 Å². The van der Waals surface area contributed by atoms with Crippen molar-refractivity contribution in [2.75, 3.05) is 18.8 Å². The Kier molecular flexibility index (Phi) is 4.60. The maximum atomic E-state index is 12.1. The summed E-state index contributed by atoms with van der Waals surface area (Å²) in [6.45, 7) is 5.14. The van der Waals surface area contributed by atoms with E-state index in [-0.39, 0.29) is 29.4 Å². The molecule has 2 atom stereocenters. The van der Waals surface area contributed by atoms with Crippen LogP contribution in [0.25, 0.3) is 0 Å². The van der Waals surface area contributed by atoms with Crippen LogP contribution in [0.5, 0.6) is 0 Å². The summed E-state index contributed by atoms with van der Waals surface area (Å²) in [6, 6.07) is 1.34. The third-order valence-corrected chi connectivity index (χ3v) is 3.62. The molecule has 1 saturated heterocycles. The first kappa shape index (κ1) is 14.1.